The van der Waals surface area contributed by atoms with Crippen LogP contribution in [0.25, 0.3) is 0 Å². The lowest BCUT2D eigenvalue weighted by atomic mass is 9.76. The Morgan fingerprint density at radius 3 is 2.61 bits per heavy atom. The van der Waals surface area contributed by atoms with Crippen molar-refractivity contribution in [1.29, 1.82) is 5.26 Å². The molecule has 0 saturated heterocycles. The van der Waals surface area contributed by atoms with Gasteiger partial charge in [-0.2, -0.15) is 5.26 Å². The van der Waals surface area contributed by atoms with E-state index in [4.69, 9.17) is 0 Å². The molecule has 0 aromatic heterocycles. The lowest BCUT2D eigenvalue weighted by Gasteiger charge is -2.40. The maximum absolute atomic E-state index is 9.36. The van der Waals surface area contributed by atoms with Crippen LogP contribution in [0.2, 0.25) is 0 Å². The maximum Gasteiger partial charge on any atom is 0.0672 e. The molecule has 18 heavy (non-hydrogen) atoms. The molecule has 0 aromatic carbocycles. The van der Waals surface area contributed by atoms with E-state index in [0.717, 1.165) is 18.9 Å². The van der Waals surface area contributed by atoms with Gasteiger partial charge in [0.05, 0.1) is 18.6 Å². The Kier molecular flexibility index (Phi) is 5.03. The molecule has 2 fully saturated rings. The highest BCUT2D eigenvalue weighted by atomic mass is 16.3. The highest BCUT2D eigenvalue weighted by molar-refractivity contribution is 5.01. The van der Waals surface area contributed by atoms with Gasteiger partial charge in [-0.1, -0.05) is 19.8 Å². The van der Waals surface area contributed by atoms with Crippen molar-refractivity contribution in [1.82, 2.24) is 4.90 Å². The molecule has 0 aromatic rings. The summed E-state index contributed by atoms with van der Waals surface area (Å²) < 4.78 is 0. The first-order valence-electron chi connectivity index (χ1n) is 7.56. The molecule has 3 unspecified atom stereocenters. The van der Waals surface area contributed by atoms with E-state index in [9.17, 15) is 10.4 Å². The van der Waals surface area contributed by atoms with Gasteiger partial charge in [0.2, 0.25) is 0 Å². The first-order valence-corrected chi connectivity index (χ1v) is 7.56. The van der Waals surface area contributed by atoms with Crippen LogP contribution in [0.3, 0.4) is 0 Å². The zero-order valence-corrected chi connectivity index (χ0v) is 11.5. The molecule has 3 nitrogen and oxygen atoms in total. The molecule has 0 aliphatic heterocycles. The number of hydrogen-bond donors (Lipinski definition) is 1. The van der Waals surface area contributed by atoms with Crippen LogP contribution in [0.1, 0.15) is 51.9 Å². The SMILES string of the molecule is CCCC1CCC(C#N)C(N(CCO)C2CC2)C1. The van der Waals surface area contributed by atoms with Crippen molar-refractivity contribution in [3.8, 4) is 6.07 Å². The summed E-state index contributed by atoms with van der Waals surface area (Å²) in [5, 5.41) is 18.6. The van der Waals surface area contributed by atoms with E-state index in [-0.39, 0.29) is 12.5 Å². The number of aliphatic hydroxyl groups excluding tert-OH is 1. The Morgan fingerprint density at radius 2 is 2.06 bits per heavy atom. The molecule has 0 bridgehead atoms. The summed E-state index contributed by atoms with van der Waals surface area (Å²) in [6, 6.07) is 3.57. The fourth-order valence-corrected chi connectivity index (χ4v) is 3.56. The van der Waals surface area contributed by atoms with Crippen molar-refractivity contribution in [2.24, 2.45) is 11.8 Å². The van der Waals surface area contributed by atoms with Crippen LogP contribution in [0.5, 0.6) is 0 Å². The van der Waals surface area contributed by atoms with Gasteiger partial charge in [0.1, 0.15) is 0 Å². The molecule has 3 heteroatoms. The molecule has 2 aliphatic rings. The maximum atomic E-state index is 9.36. The van der Waals surface area contributed by atoms with Crippen molar-refractivity contribution < 1.29 is 5.11 Å². The number of nitrogens with zero attached hydrogens (tertiary/aromatic N) is 2. The van der Waals surface area contributed by atoms with Crippen molar-refractivity contribution in [3.63, 3.8) is 0 Å². The van der Waals surface area contributed by atoms with Crippen LogP contribution < -0.4 is 0 Å². The van der Waals surface area contributed by atoms with Gasteiger partial charge in [0, 0.05) is 18.6 Å². The van der Waals surface area contributed by atoms with Crippen LogP contribution in [0.15, 0.2) is 0 Å². The summed E-state index contributed by atoms with van der Waals surface area (Å²) in [7, 11) is 0. The van der Waals surface area contributed by atoms with E-state index in [1.54, 1.807) is 0 Å². The van der Waals surface area contributed by atoms with Crippen LogP contribution in [0.4, 0.5) is 0 Å². The molecular formula is C15H26N2O. The van der Waals surface area contributed by atoms with Gasteiger partial charge in [-0.15, -0.1) is 0 Å². The van der Waals surface area contributed by atoms with E-state index >= 15 is 0 Å². The Morgan fingerprint density at radius 1 is 1.28 bits per heavy atom. The fourth-order valence-electron chi connectivity index (χ4n) is 3.56. The van der Waals surface area contributed by atoms with Crippen molar-refractivity contribution in [2.45, 2.75) is 64.0 Å². The van der Waals surface area contributed by atoms with Gasteiger partial charge in [0.25, 0.3) is 0 Å². The summed E-state index contributed by atoms with van der Waals surface area (Å²) in [6.07, 6.45) is 8.51. The van der Waals surface area contributed by atoms with E-state index in [1.807, 2.05) is 0 Å². The third kappa shape index (κ3) is 3.24. The number of nitriles is 1. The van der Waals surface area contributed by atoms with E-state index < -0.39 is 0 Å². The summed E-state index contributed by atoms with van der Waals surface area (Å²) in [4.78, 5) is 2.44. The van der Waals surface area contributed by atoms with E-state index in [0.29, 0.717) is 12.1 Å². The fraction of sp³-hybridized carbons (Fsp3) is 0.933. The molecule has 2 rings (SSSR count). The average Bonchev–Trinajstić information content (AvgIpc) is 3.20. The summed E-state index contributed by atoms with van der Waals surface area (Å²) in [6.45, 7) is 3.23. The van der Waals surface area contributed by atoms with Crippen molar-refractivity contribution in [3.05, 3.63) is 0 Å². The normalized spacial score (nSPS) is 32.4. The Bertz CT molecular complexity index is 295. The van der Waals surface area contributed by atoms with Gasteiger partial charge >= 0.3 is 0 Å². The molecule has 0 radical (unpaired) electrons. The van der Waals surface area contributed by atoms with E-state index in [2.05, 4.69) is 17.9 Å². The van der Waals surface area contributed by atoms with Gasteiger partial charge < -0.3 is 5.11 Å². The van der Waals surface area contributed by atoms with Gasteiger partial charge in [0.15, 0.2) is 0 Å². The highest BCUT2D eigenvalue weighted by Gasteiger charge is 2.40. The second-order valence-electron chi connectivity index (χ2n) is 5.96. The number of hydrogen-bond acceptors (Lipinski definition) is 3. The predicted molar refractivity (Wildman–Crippen MR) is 72.0 cm³/mol. The number of aliphatic hydroxyl groups is 1. The minimum absolute atomic E-state index is 0.185. The summed E-state index contributed by atoms with van der Waals surface area (Å²) in [5.74, 6) is 0.981. The number of rotatable bonds is 6. The first-order chi connectivity index (χ1) is 8.80. The van der Waals surface area contributed by atoms with Gasteiger partial charge in [-0.3, -0.25) is 4.90 Å². The van der Waals surface area contributed by atoms with Gasteiger partial charge in [-0.25, -0.2) is 0 Å². The zero-order chi connectivity index (χ0) is 13.0. The lowest BCUT2D eigenvalue weighted by Crippen LogP contribution is -2.46. The van der Waals surface area contributed by atoms with Crippen LogP contribution in [0, 0.1) is 23.2 Å². The molecule has 3 atom stereocenters. The molecule has 2 aliphatic carbocycles. The summed E-state index contributed by atoms with van der Waals surface area (Å²) >= 11 is 0. The monoisotopic (exact) mass is 250 g/mol. The molecule has 0 spiro atoms. The Labute approximate surface area is 111 Å². The van der Waals surface area contributed by atoms with Crippen LogP contribution in [-0.4, -0.2) is 35.2 Å². The molecule has 102 valence electrons. The third-order valence-electron chi connectivity index (χ3n) is 4.59. The third-order valence-corrected chi connectivity index (χ3v) is 4.59. The minimum atomic E-state index is 0.185. The first kappa shape index (κ1) is 13.8. The molecule has 0 amide bonds. The van der Waals surface area contributed by atoms with Crippen molar-refractivity contribution >= 4 is 0 Å². The van der Waals surface area contributed by atoms with Crippen LogP contribution in [-0.2, 0) is 0 Å². The minimum Gasteiger partial charge on any atom is -0.395 e. The smallest absolute Gasteiger partial charge is 0.0672 e. The zero-order valence-electron chi connectivity index (χ0n) is 11.5. The highest BCUT2D eigenvalue weighted by Crippen LogP contribution is 2.39. The largest absolute Gasteiger partial charge is 0.395 e. The Hall–Kier alpha value is -0.590. The topological polar surface area (TPSA) is 47.3 Å². The van der Waals surface area contributed by atoms with Crippen LogP contribution >= 0.6 is 0 Å². The second-order valence-corrected chi connectivity index (χ2v) is 5.96. The predicted octanol–water partition coefficient (Wildman–Crippen LogP) is 2.55. The molecule has 0 heterocycles. The Balaban J connectivity index is 2.01. The molecule has 2 saturated carbocycles. The second kappa shape index (κ2) is 6.54. The lowest BCUT2D eigenvalue weighted by molar-refractivity contribution is 0.0733. The molecular weight excluding hydrogens is 224 g/mol. The average molecular weight is 250 g/mol. The summed E-state index contributed by atoms with van der Waals surface area (Å²) in [5.41, 5.74) is 0. The quantitative estimate of drug-likeness (QED) is 0.788. The van der Waals surface area contributed by atoms with E-state index in [1.165, 1.54) is 38.5 Å². The van der Waals surface area contributed by atoms with Gasteiger partial charge in [-0.05, 0) is 38.0 Å². The standard InChI is InChI=1S/C15H26N2O/c1-2-3-12-4-5-13(11-16)15(10-12)17(8-9-18)14-6-7-14/h12-15,18H,2-10H2,1H3. The van der Waals surface area contributed by atoms with Crippen molar-refractivity contribution in [2.75, 3.05) is 13.2 Å². The molecule has 1 N–H and O–H groups in total.